The molecule has 0 saturated carbocycles. The highest BCUT2D eigenvalue weighted by molar-refractivity contribution is 7.03. The van der Waals surface area contributed by atoms with Crippen LogP contribution in [0.5, 0.6) is 46.0 Å². The number of anilines is 6. The van der Waals surface area contributed by atoms with Crippen LogP contribution in [0.15, 0.2) is 133 Å². The van der Waals surface area contributed by atoms with Crippen LogP contribution in [-0.4, -0.2) is 20.1 Å². The van der Waals surface area contributed by atoms with Crippen LogP contribution in [0.3, 0.4) is 0 Å². The SMILES string of the molecule is CCC(C)(C)c1cc2c3c(c1)Oc1cc4c(cc1B3c1cc(C(C)(C)C)ccc1O2)B1c2cc3c(cc2N(c2c(C)cc(C)cc2C)c2cc(C(C)(C)CC)cc(c21)O4)N(c1ccc(C(C)(C)C)cc1)c1cc(C(C)(C)CC)cc2c1B3c1cc(C(C)(C)C)ccc1O2. The van der Waals surface area contributed by atoms with Gasteiger partial charge in [0.15, 0.2) is 0 Å². The van der Waals surface area contributed by atoms with Crippen LogP contribution < -0.4 is 77.9 Å². The fourth-order valence-electron chi connectivity index (χ4n) is 15.9. The van der Waals surface area contributed by atoms with Crippen molar-refractivity contribution in [1.29, 1.82) is 0 Å². The number of aryl methyl sites for hydroxylation is 3. The molecule has 0 radical (unpaired) electrons. The zero-order valence-corrected chi connectivity index (χ0v) is 59.1. The van der Waals surface area contributed by atoms with Crippen molar-refractivity contribution < 1.29 is 18.9 Å². The maximum Gasteiger partial charge on any atom is 0.260 e. The summed E-state index contributed by atoms with van der Waals surface area (Å²) in [6.07, 6.45) is 2.89. The fraction of sp³-hybridized carbons (Fsp3) is 0.357. The predicted molar refractivity (Wildman–Crippen MR) is 396 cm³/mol. The van der Waals surface area contributed by atoms with E-state index in [-0.39, 0.29) is 52.6 Å². The molecule has 9 aromatic rings. The molecular weight excluding hydrogens is 1130 g/mol. The Bertz CT molecular complexity index is 4660. The third kappa shape index (κ3) is 9.40. The first-order chi connectivity index (χ1) is 43.8. The van der Waals surface area contributed by atoms with Crippen molar-refractivity contribution in [2.24, 2.45) is 0 Å². The number of nitrogens with zero attached hydrogens (tertiary/aromatic N) is 2. The average molecular weight is 1230 g/mol. The van der Waals surface area contributed by atoms with Crippen LogP contribution in [0, 0.1) is 20.8 Å². The third-order valence-electron chi connectivity index (χ3n) is 22.8. The zero-order valence-electron chi connectivity index (χ0n) is 59.1. The predicted octanol–water partition coefficient (Wildman–Crippen LogP) is 17.1. The van der Waals surface area contributed by atoms with E-state index in [0.717, 1.165) is 116 Å². The van der Waals surface area contributed by atoms with Gasteiger partial charge >= 0.3 is 0 Å². The van der Waals surface area contributed by atoms with E-state index in [9.17, 15) is 0 Å². The van der Waals surface area contributed by atoms with Crippen LogP contribution in [-0.2, 0) is 32.5 Å². The molecule has 0 amide bonds. The number of ether oxygens (including phenoxy) is 4. The summed E-state index contributed by atoms with van der Waals surface area (Å²) in [6.45, 7) is 48.1. The number of benzene rings is 9. The molecule has 0 saturated heterocycles. The van der Waals surface area contributed by atoms with Crippen molar-refractivity contribution in [2.45, 2.75) is 197 Å². The van der Waals surface area contributed by atoms with E-state index in [1.807, 2.05) is 0 Å². The third-order valence-corrected chi connectivity index (χ3v) is 22.8. The van der Waals surface area contributed by atoms with Gasteiger partial charge in [-0.05, 0) is 227 Å². The fourth-order valence-corrected chi connectivity index (χ4v) is 15.9. The largest absolute Gasteiger partial charge is 0.458 e. The van der Waals surface area contributed by atoms with Gasteiger partial charge in [0.2, 0.25) is 0 Å². The van der Waals surface area contributed by atoms with E-state index < -0.39 is 0 Å². The van der Waals surface area contributed by atoms with Gasteiger partial charge in [-0.25, -0.2) is 0 Å². The second-order valence-corrected chi connectivity index (χ2v) is 33.2. The molecule has 93 heavy (non-hydrogen) atoms. The Morgan fingerprint density at radius 1 is 0.301 bits per heavy atom. The standard InChI is InChI=1S/C84H91B3N2O4/c1-22-82(16,17)53-37-65-75-71(39-53)90-67-31-27-51(80(10,11)12)35-59(67)85(75)57-43-58-64(45-63(57)88(65)56-29-25-50(26-30-56)79(7,8)9)89(78-48(5)33-47(4)34-49(78)6)66-38-54(83(18,19)23-2)40-72-76(66)86(58)61-44-62-70(46-69(61)92-72)93-74-42-55(84(20,21)24-3)41-73-77(74)87(62)60-36-52(81(13,14)15)28-32-68(60)91-73/h25-46H,22-24H2,1-21H3. The van der Waals surface area contributed by atoms with E-state index >= 15 is 0 Å². The van der Waals surface area contributed by atoms with E-state index in [1.54, 1.807) is 0 Å². The molecule has 0 fully saturated rings. The molecule has 0 atom stereocenters. The normalized spacial score (nSPS) is 14.9. The quantitative estimate of drug-likeness (QED) is 0.141. The summed E-state index contributed by atoms with van der Waals surface area (Å²) in [7, 11) is 0. The highest BCUT2D eigenvalue weighted by Gasteiger charge is 2.51. The summed E-state index contributed by atoms with van der Waals surface area (Å²) >= 11 is 0. The molecule has 0 bridgehead atoms. The molecule has 0 spiro atoms. The van der Waals surface area contributed by atoms with Crippen molar-refractivity contribution in [3.63, 3.8) is 0 Å². The Kier molecular flexibility index (Phi) is 13.5. The summed E-state index contributed by atoms with van der Waals surface area (Å²) < 4.78 is 29.6. The second kappa shape index (κ2) is 20.5. The molecule has 9 aromatic carbocycles. The smallest absolute Gasteiger partial charge is 0.260 e. The maximum absolute atomic E-state index is 7.69. The van der Waals surface area contributed by atoms with Crippen molar-refractivity contribution in [3.8, 4) is 46.0 Å². The van der Waals surface area contributed by atoms with Crippen molar-refractivity contribution in [3.05, 3.63) is 184 Å². The van der Waals surface area contributed by atoms with Gasteiger partial charge in [-0.15, -0.1) is 0 Å². The summed E-state index contributed by atoms with van der Waals surface area (Å²) in [5.74, 6) is 6.97. The Labute approximate surface area is 555 Å². The first-order valence-electron chi connectivity index (χ1n) is 34.5. The minimum atomic E-state index is -0.257. The summed E-state index contributed by atoms with van der Waals surface area (Å²) in [5, 5.41) is 0. The molecule has 6 aliphatic heterocycles. The molecular formula is C84H91B3N2O4. The molecule has 470 valence electrons. The maximum atomic E-state index is 7.69. The first kappa shape index (κ1) is 61.2. The topological polar surface area (TPSA) is 43.4 Å². The molecule has 6 nitrogen and oxygen atoms in total. The van der Waals surface area contributed by atoms with Gasteiger partial charge in [0.25, 0.3) is 20.1 Å². The molecule has 0 N–H and O–H groups in total. The van der Waals surface area contributed by atoms with Gasteiger partial charge < -0.3 is 28.7 Å². The monoisotopic (exact) mass is 1220 g/mol. The van der Waals surface area contributed by atoms with Crippen LogP contribution in [0.25, 0.3) is 0 Å². The van der Waals surface area contributed by atoms with Gasteiger partial charge in [-0.2, -0.15) is 0 Å². The molecule has 0 aromatic heterocycles. The van der Waals surface area contributed by atoms with Gasteiger partial charge in [-0.3, -0.25) is 0 Å². The Morgan fingerprint density at radius 3 is 1.09 bits per heavy atom. The van der Waals surface area contributed by atoms with Crippen LogP contribution in [0.2, 0.25) is 0 Å². The summed E-state index contributed by atoms with van der Waals surface area (Å²) in [6, 6.07) is 52.4. The van der Waals surface area contributed by atoms with Gasteiger partial charge in [-0.1, -0.05) is 191 Å². The van der Waals surface area contributed by atoms with Crippen LogP contribution >= 0.6 is 0 Å². The molecule has 15 rings (SSSR count). The van der Waals surface area contributed by atoms with E-state index in [0.29, 0.717) is 0 Å². The second-order valence-electron chi connectivity index (χ2n) is 33.2. The first-order valence-corrected chi connectivity index (χ1v) is 34.5. The Balaban J connectivity index is 1.07. The number of fused-ring (bicyclic) bond motifs is 12. The lowest BCUT2D eigenvalue weighted by Gasteiger charge is -2.46. The molecule has 6 aliphatic rings. The average Bonchev–Trinajstić information content (AvgIpc) is 0.686. The number of rotatable bonds is 8. The van der Waals surface area contributed by atoms with E-state index in [4.69, 9.17) is 18.9 Å². The lowest BCUT2D eigenvalue weighted by Crippen LogP contribution is -2.65. The Hall–Kier alpha value is -8.03. The highest BCUT2D eigenvalue weighted by atomic mass is 16.5. The van der Waals surface area contributed by atoms with Crippen molar-refractivity contribution in [2.75, 3.05) is 9.80 Å². The number of hydrogen-bond donors (Lipinski definition) is 0. The lowest BCUT2D eigenvalue weighted by molar-refractivity contribution is 0.445. The van der Waals surface area contributed by atoms with Crippen LogP contribution in [0.4, 0.5) is 34.1 Å². The molecule has 9 heteroatoms. The molecule has 0 unspecified atom stereocenters. The highest BCUT2D eigenvalue weighted by Crippen LogP contribution is 2.51. The minimum absolute atomic E-state index is 0.0350. The van der Waals surface area contributed by atoms with Gasteiger partial charge in [0, 0.05) is 40.0 Å². The molecule has 0 aliphatic carbocycles. The Morgan fingerprint density at radius 2 is 0.656 bits per heavy atom. The van der Waals surface area contributed by atoms with E-state index in [1.165, 1.54) is 83.1 Å². The summed E-state index contributed by atoms with van der Waals surface area (Å²) in [5.41, 5.74) is 28.1. The van der Waals surface area contributed by atoms with Crippen molar-refractivity contribution >= 4 is 103 Å². The van der Waals surface area contributed by atoms with Crippen LogP contribution in [0.1, 0.15) is 194 Å². The van der Waals surface area contributed by atoms with E-state index in [2.05, 4.69) is 289 Å². The summed E-state index contributed by atoms with van der Waals surface area (Å²) in [4.78, 5) is 5.25. The van der Waals surface area contributed by atoms with Crippen molar-refractivity contribution in [1.82, 2.24) is 0 Å². The van der Waals surface area contributed by atoms with Gasteiger partial charge in [0.1, 0.15) is 46.0 Å². The molecule has 6 heterocycles. The zero-order chi connectivity index (χ0) is 65.9. The lowest BCUT2D eigenvalue weighted by atomic mass is 9.29. The minimum Gasteiger partial charge on any atom is -0.458 e. The van der Waals surface area contributed by atoms with Gasteiger partial charge in [0.05, 0.1) is 5.69 Å². The number of hydrogen-bond acceptors (Lipinski definition) is 6.